The summed E-state index contributed by atoms with van der Waals surface area (Å²) in [5.74, 6) is -1.07. The molecule has 0 saturated heterocycles. The predicted octanol–water partition coefficient (Wildman–Crippen LogP) is 1.13. The second-order valence-corrected chi connectivity index (χ2v) is 5.32. The van der Waals surface area contributed by atoms with Crippen LogP contribution in [0.15, 0.2) is 0 Å². The molecule has 104 valence electrons. The molecule has 3 N–H and O–H groups in total. The Hall–Kier alpha value is -1.10. The molecule has 1 rings (SSSR count). The summed E-state index contributed by atoms with van der Waals surface area (Å²) in [6.07, 6.45) is 5.10. The molecule has 5 nitrogen and oxygen atoms in total. The predicted molar refractivity (Wildman–Crippen MR) is 69.3 cm³/mol. The maximum absolute atomic E-state index is 11.7. The first-order chi connectivity index (χ1) is 8.50. The molecule has 1 saturated carbocycles. The number of aliphatic carboxylic acids is 1. The van der Waals surface area contributed by atoms with Crippen LogP contribution in [0.25, 0.3) is 0 Å². The van der Waals surface area contributed by atoms with Gasteiger partial charge in [0.2, 0.25) is 5.91 Å². The van der Waals surface area contributed by atoms with Gasteiger partial charge >= 0.3 is 5.97 Å². The number of hydrogen-bond acceptors (Lipinski definition) is 3. The van der Waals surface area contributed by atoms with Crippen LogP contribution in [0.4, 0.5) is 0 Å². The van der Waals surface area contributed by atoms with Crippen LogP contribution >= 0.6 is 0 Å². The van der Waals surface area contributed by atoms with Crippen LogP contribution in [0.5, 0.6) is 0 Å². The summed E-state index contributed by atoms with van der Waals surface area (Å²) < 4.78 is 0. The molecule has 5 heteroatoms. The number of carboxylic acids is 1. The molecule has 0 aromatic carbocycles. The lowest BCUT2D eigenvalue weighted by atomic mass is 9.84. The van der Waals surface area contributed by atoms with Crippen molar-refractivity contribution in [1.82, 2.24) is 10.6 Å². The Balaban J connectivity index is 2.46. The zero-order valence-corrected chi connectivity index (χ0v) is 11.2. The van der Waals surface area contributed by atoms with Gasteiger partial charge in [-0.2, -0.15) is 0 Å². The van der Waals surface area contributed by atoms with Gasteiger partial charge < -0.3 is 15.7 Å². The molecule has 1 atom stereocenters. The lowest BCUT2D eigenvalue weighted by Gasteiger charge is -2.28. The first-order valence-corrected chi connectivity index (χ1v) is 6.76. The molecule has 1 fully saturated rings. The topological polar surface area (TPSA) is 78.4 Å². The number of carbonyl (C=O) groups excluding carboxylic acids is 1. The SMILES string of the molecule is CC(C)NCC(=O)NC(C(=O)O)C1CCCCC1. The van der Waals surface area contributed by atoms with Gasteiger partial charge in [0.05, 0.1) is 6.54 Å². The lowest BCUT2D eigenvalue weighted by Crippen LogP contribution is -2.49. The Kier molecular flexibility index (Phi) is 6.12. The number of rotatable bonds is 6. The maximum Gasteiger partial charge on any atom is 0.326 e. The van der Waals surface area contributed by atoms with E-state index in [9.17, 15) is 14.7 Å². The molecule has 0 bridgehead atoms. The van der Waals surface area contributed by atoms with E-state index < -0.39 is 12.0 Å². The van der Waals surface area contributed by atoms with E-state index in [1.807, 2.05) is 13.8 Å². The summed E-state index contributed by atoms with van der Waals surface area (Å²) in [6.45, 7) is 4.07. The highest BCUT2D eigenvalue weighted by molar-refractivity contribution is 5.84. The summed E-state index contributed by atoms with van der Waals surface area (Å²) in [5, 5.41) is 14.8. The highest BCUT2D eigenvalue weighted by atomic mass is 16.4. The van der Waals surface area contributed by atoms with Gasteiger partial charge in [-0.15, -0.1) is 0 Å². The van der Waals surface area contributed by atoms with Gasteiger partial charge in [-0.1, -0.05) is 33.1 Å². The summed E-state index contributed by atoms with van der Waals surface area (Å²) in [6, 6.07) is -0.513. The third-order valence-electron chi connectivity index (χ3n) is 3.37. The van der Waals surface area contributed by atoms with Gasteiger partial charge in [0.25, 0.3) is 0 Å². The van der Waals surface area contributed by atoms with Gasteiger partial charge in [0.1, 0.15) is 6.04 Å². The fourth-order valence-electron chi connectivity index (χ4n) is 2.37. The highest BCUT2D eigenvalue weighted by Crippen LogP contribution is 2.26. The monoisotopic (exact) mass is 256 g/mol. The number of hydrogen-bond donors (Lipinski definition) is 3. The zero-order chi connectivity index (χ0) is 13.5. The molecule has 1 unspecified atom stereocenters. The van der Waals surface area contributed by atoms with Crippen LogP contribution in [0.1, 0.15) is 46.0 Å². The van der Waals surface area contributed by atoms with E-state index in [1.165, 1.54) is 6.42 Å². The van der Waals surface area contributed by atoms with Gasteiger partial charge in [-0.25, -0.2) is 4.79 Å². The van der Waals surface area contributed by atoms with Crippen molar-refractivity contribution >= 4 is 11.9 Å². The van der Waals surface area contributed by atoms with Crippen LogP contribution in [0.2, 0.25) is 0 Å². The van der Waals surface area contributed by atoms with Crippen LogP contribution in [0.3, 0.4) is 0 Å². The lowest BCUT2D eigenvalue weighted by molar-refractivity contribution is -0.143. The summed E-state index contributed by atoms with van der Waals surface area (Å²) >= 11 is 0. The van der Waals surface area contributed by atoms with E-state index >= 15 is 0 Å². The highest BCUT2D eigenvalue weighted by Gasteiger charge is 2.30. The third-order valence-corrected chi connectivity index (χ3v) is 3.37. The standard InChI is InChI=1S/C13H24N2O3/c1-9(2)14-8-11(16)15-12(13(17)18)10-6-4-3-5-7-10/h9-10,12,14H,3-8H2,1-2H3,(H,15,16)(H,17,18). The van der Waals surface area contributed by atoms with E-state index in [2.05, 4.69) is 10.6 Å². The van der Waals surface area contributed by atoms with Crippen LogP contribution < -0.4 is 10.6 Å². The number of carbonyl (C=O) groups is 2. The molecule has 0 aliphatic heterocycles. The van der Waals surface area contributed by atoms with Crippen LogP contribution in [0, 0.1) is 5.92 Å². The van der Waals surface area contributed by atoms with Crippen LogP contribution in [-0.4, -0.2) is 35.6 Å². The first kappa shape index (κ1) is 15.0. The molecule has 0 radical (unpaired) electrons. The number of amides is 1. The molecule has 0 aromatic rings. The van der Waals surface area contributed by atoms with Gasteiger partial charge in [-0.3, -0.25) is 4.79 Å². The Morgan fingerprint density at radius 1 is 1.22 bits per heavy atom. The van der Waals surface area contributed by atoms with Crippen molar-refractivity contribution in [2.24, 2.45) is 5.92 Å². The van der Waals surface area contributed by atoms with Crippen molar-refractivity contribution in [2.75, 3.05) is 6.54 Å². The second kappa shape index (κ2) is 7.36. The Morgan fingerprint density at radius 3 is 2.33 bits per heavy atom. The zero-order valence-electron chi connectivity index (χ0n) is 11.2. The quantitative estimate of drug-likeness (QED) is 0.666. The molecule has 0 heterocycles. The van der Waals surface area contributed by atoms with Gasteiger partial charge in [0, 0.05) is 6.04 Å². The number of nitrogens with one attached hydrogen (secondary N) is 2. The third kappa shape index (κ3) is 5.04. The normalized spacial score (nSPS) is 18.6. The van der Waals surface area contributed by atoms with Crippen molar-refractivity contribution < 1.29 is 14.7 Å². The summed E-state index contributed by atoms with van der Waals surface area (Å²) in [7, 11) is 0. The molecule has 0 aromatic heterocycles. The Bertz CT molecular complexity index is 286. The first-order valence-electron chi connectivity index (χ1n) is 6.76. The van der Waals surface area contributed by atoms with Crippen molar-refractivity contribution in [2.45, 2.75) is 58.0 Å². The van der Waals surface area contributed by atoms with E-state index in [1.54, 1.807) is 0 Å². The molecule has 0 spiro atoms. The van der Waals surface area contributed by atoms with Crippen LogP contribution in [-0.2, 0) is 9.59 Å². The van der Waals surface area contributed by atoms with Gasteiger partial charge in [-0.05, 0) is 18.8 Å². The second-order valence-electron chi connectivity index (χ2n) is 5.32. The summed E-state index contributed by atoms with van der Waals surface area (Å²) in [5.41, 5.74) is 0. The van der Waals surface area contributed by atoms with E-state index in [-0.39, 0.29) is 24.4 Å². The fourth-order valence-corrected chi connectivity index (χ4v) is 2.37. The van der Waals surface area contributed by atoms with Gasteiger partial charge in [0.15, 0.2) is 0 Å². The van der Waals surface area contributed by atoms with Crippen molar-refractivity contribution in [1.29, 1.82) is 0 Å². The average Bonchev–Trinajstić information content (AvgIpc) is 2.34. The number of carboxylic acid groups (broad SMARTS) is 1. The van der Waals surface area contributed by atoms with Crippen molar-refractivity contribution in [3.63, 3.8) is 0 Å². The maximum atomic E-state index is 11.7. The minimum atomic E-state index is -0.917. The molecule has 18 heavy (non-hydrogen) atoms. The summed E-state index contributed by atoms with van der Waals surface area (Å²) in [4.78, 5) is 22.9. The largest absolute Gasteiger partial charge is 0.480 e. The molecular formula is C13H24N2O3. The van der Waals surface area contributed by atoms with Crippen molar-refractivity contribution in [3.8, 4) is 0 Å². The Morgan fingerprint density at radius 2 is 1.83 bits per heavy atom. The van der Waals surface area contributed by atoms with Crippen molar-refractivity contribution in [3.05, 3.63) is 0 Å². The Labute approximate surface area is 108 Å². The molecule has 1 aliphatic carbocycles. The van der Waals surface area contributed by atoms with E-state index in [4.69, 9.17) is 0 Å². The molecule has 1 amide bonds. The van der Waals surface area contributed by atoms with E-state index in [0.717, 1.165) is 25.7 Å². The minimum Gasteiger partial charge on any atom is -0.480 e. The molecule has 1 aliphatic rings. The smallest absolute Gasteiger partial charge is 0.326 e. The fraction of sp³-hybridized carbons (Fsp3) is 0.846. The minimum absolute atomic E-state index is 0.0826. The molecular weight excluding hydrogens is 232 g/mol. The average molecular weight is 256 g/mol. The van der Waals surface area contributed by atoms with E-state index in [0.29, 0.717) is 0 Å².